The van der Waals surface area contributed by atoms with E-state index in [1.54, 1.807) is 6.07 Å². The number of benzene rings is 2. The van der Waals surface area contributed by atoms with Gasteiger partial charge in [-0.25, -0.2) is 0 Å². The second-order valence-corrected chi connectivity index (χ2v) is 7.48. The number of hydroxylamine groups is 2. The van der Waals surface area contributed by atoms with Crippen molar-refractivity contribution >= 4 is 33.4 Å². The van der Waals surface area contributed by atoms with E-state index in [0.717, 1.165) is 15.6 Å². The number of hydrogen-bond acceptors (Lipinski definition) is 4. The summed E-state index contributed by atoms with van der Waals surface area (Å²) in [5.41, 5.74) is 8.63. The van der Waals surface area contributed by atoms with Crippen molar-refractivity contribution in [2.45, 2.75) is 24.8 Å². The minimum atomic E-state index is -0.356. The normalized spacial score (nSPS) is 22.4. The molecule has 2 heterocycles. The van der Waals surface area contributed by atoms with Gasteiger partial charge in [-0.2, -0.15) is 5.06 Å². The third kappa shape index (κ3) is 3.32. The second kappa shape index (κ2) is 6.70. The third-order valence-corrected chi connectivity index (χ3v) is 5.17. The molecular formula is C18H16BrClN2O3. The third-order valence-electron chi connectivity index (χ3n) is 4.32. The lowest BCUT2D eigenvalue weighted by molar-refractivity contribution is -0.151. The Hall–Kier alpha value is -1.44. The van der Waals surface area contributed by atoms with Crippen LogP contribution in [-0.2, 0) is 16.0 Å². The van der Waals surface area contributed by atoms with Crippen LogP contribution in [-0.4, -0.2) is 29.8 Å². The molecule has 0 saturated carbocycles. The molecule has 2 aromatic rings. The van der Waals surface area contributed by atoms with Gasteiger partial charge in [0.2, 0.25) is 0 Å². The minimum absolute atomic E-state index is 0.106. The summed E-state index contributed by atoms with van der Waals surface area (Å²) in [5.74, 6) is -0.191. The highest BCUT2D eigenvalue weighted by Gasteiger charge is 2.53. The molecule has 2 aromatic carbocycles. The SMILES string of the molecule is N[C@H](CON1C(=O)c2ccccc2C2OC21)Cc1ccc(Br)cc1Cl. The van der Waals surface area contributed by atoms with E-state index in [0.29, 0.717) is 17.0 Å². The van der Waals surface area contributed by atoms with Crippen molar-refractivity contribution in [1.29, 1.82) is 0 Å². The number of ether oxygens (including phenoxy) is 1. The number of halogens is 2. The topological polar surface area (TPSA) is 68.1 Å². The average molecular weight is 424 g/mol. The van der Waals surface area contributed by atoms with Crippen LogP contribution in [0.15, 0.2) is 46.9 Å². The van der Waals surface area contributed by atoms with E-state index in [-0.39, 0.29) is 30.9 Å². The number of carbonyl (C=O) groups is 1. The Morgan fingerprint density at radius 2 is 2.12 bits per heavy atom. The lowest BCUT2D eigenvalue weighted by Crippen LogP contribution is -2.41. The first-order valence-electron chi connectivity index (χ1n) is 7.95. The highest BCUT2D eigenvalue weighted by Crippen LogP contribution is 2.46. The Balaban J connectivity index is 1.40. The van der Waals surface area contributed by atoms with Gasteiger partial charge >= 0.3 is 0 Å². The summed E-state index contributed by atoms with van der Waals surface area (Å²) in [4.78, 5) is 18.3. The predicted molar refractivity (Wildman–Crippen MR) is 97.0 cm³/mol. The summed E-state index contributed by atoms with van der Waals surface area (Å²) < 4.78 is 6.50. The maximum atomic E-state index is 12.6. The number of rotatable bonds is 5. The molecule has 25 heavy (non-hydrogen) atoms. The zero-order valence-electron chi connectivity index (χ0n) is 13.2. The molecule has 0 aromatic heterocycles. The monoisotopic (exact) mass is 422 g/mol. The molecule has 0 radical (unpaired) electrons. The first-order chi connectivity index (χ1) is 12.0. The molecule has 2 aliphatic heterocycles. The standard InChI is InChI=1S/C18H16BrClN2O3/c19-11-6-5-10(15(20)8-11)7-12(21)9-24-22-17(23)14-4-2-1-3-13(14)16-18(22)25-16/h1-6,8,12,16,18H,7,9,21H2/t12-,16?,18?/m0/s1. The van der Waals surface area contributed by atoms with Crippen molar-refractivity contribution < 1.29 is 14.4 Å². The number of nitrogens with two attached hydrogens (primary N) is 1. The van der Waals surface area contributed by atoms with Gasteiger partial charge in [-0.3, -0.25) is 9.63 Å². The molecule has 5 nitrogen and oxygen atoms in total. The Kier molecular flexibility index (Phi) is 4.56. The number of epoxide rings is 1. The minimum Gasteiger partial charge on any atom is -0.340 e. The van der Waals surface area contributed by atoms with Gasteiger partial charge in [0.05, 0.1) is 6.61 Å². The number of amides is 1. The van der Waals surface area contributed by atoms with Crippen LogP contribution in [0.25, 0.3) is 0 Å². The van der Waals surface area contributed by atoms with Gasteiger partial charge in [0.15, 0.2) is 6.23 Å². The summed E-state index contributed by atoms with van der Waals surface area (Å²) in [5, 5.41) is 1.95. The highest BCUT2D eigenvalue weighted by atomic mass is 79.9. The van der Waals surface area contributed by atoms with Crippen LogP contribution in [0.2, 0.25) is 5.02 Å². The Bertz CT molecular complexity index is 832. The summed E-state index contributed by atoms with van der Waals surface area (Å²) in [6.07, 6.45) is 0.0940. The number of carbonyl (C=O) groups excluding carboxylic acids is 1. The van der Waals surface area contributed by atoms with Crippen molar-refractivity contribution in [3.8, 4) is 0 Å². The Labute approximate surface area is 158 Å². The Morgan fingerprint density at radius 1 is 1.32 bits per heavy atom. The number of fused-ring (bicyclic) bond motifs is 3. The zero-order chi connectivity index (χ0) is 17.6. The maximum absolute atomic E-state index is 12.6. The van der Waals surface area contributed by atoms with Crippen LogP contribution >= 0.6 is 27.5 Å². The van der Waals surface area contributed by atoms with E-state index in [4.69, 9.17) is 26.9 Å². The molecule has 2 aliphatic rings. The van der Waals surface area contributed by atoms with Crippen molar-refractivity contribution in [1.82, 2.24) is 5.06 Å². The summed E-state index contributed by atoms with van der Waals surface area (Å²) >= 11 is 9.60. The summed E-state index contributed by atoms with van der Waals surface area (Å²) in [6, 6.07) is 12.8. The van der Waals surface area contributed by atoms with Gasteiger partial charge in [-0.1, -0.05) is 51.8 Å². The van der Waals surface area contributed by atoms with Gasteiger partial charge in [0.1, 0.15) is 6.10 Å². The molecule has 2 unspecified atom stereocenters. The van der Waals surface area contributed by atoms with E-state index >= 15 is 0 Å². The fraction of sp³-hybridized carbons (Fsp3) is 0.278. The van der Waals surface area contributed by atoms with Gasteiger partial charge < -0.3 is 10.5 Å². The van der Waals surface area contributed by atoms with E-state index in [1.807, 2.05) is 36.4 Å². The van der Waals surface area contributed by atoms with Gasteiger partial charge in [0, 0.05) is 21.1 Å². The average Bonchev–Trinajstić information content (AvgIpc) is 3.38. The number of nitrogens with zero attached hydrogens (tertiary/aromatic N) is 1. The molecule has 130 valence electrons. The van der Waals surface area contributed by atoms with Gasteiger partial charge in [-0.05, 0) is 35.7 Å². The molecule has 0 spiro atoms. The van der Waals surface area contributed by atoms with E-state index in [9.17, 15) is 4.79 Å². The smallest absolute Gasteiger partial charge is 0.280 e. The molecular weight excluding hydrogens is 408 g/mol. The fourth-order valence-corrected chi connectivity index (χ4v) is 3.77. The van der Waals surface area contributed by atoms with Crippen LogP contribution in [0.1, 0.15) is 27.6 Å². The van der Waals surface area contributed by atoms with E-state index in [1.165, 1.54) is 5.06 Å². The summed E-state index contributed by atoms with van der Waals surface area (Å²) in [7, 11) is 0. The number of hydrogen-bond donors (Lipinski definition) is 1. The van der Waals surface area contributed by atoms with Crippen molar-refractivity contribution in [2.75, 3.05) is 6.61 Å². The first-order valence-corrected chi connectivity index (χ1v) is 9.12. The molecule has 1 fully saturated rings. The predicted octanol–water partition coefficient (Wildman–Crippen LogP) is 3.46. The first kappa shape index (κ1) is 17.0. The summed E-state index contributed by atoms with van der Waals surface area (Å²) in [6.45, 7) is 0.201. The molecule has 1 saturated heterocycles. The molecule has 4 rings (SSSR count). The molecule has 7 heteroatoms. The van der Waals surface area contributed by atoms with Crippen molar-refractivity contribution in [3.63, 3.8) is 0 Å². The van der Waals surface area contributed by atoms with Crippen LogP contribution in [0.5, 0.6) is 0 Å². The molecule has 3 atom stereocenters. The van der Waals surface area contributed by atoms with Gasteiger partial charge in [-0.15, -0.1) is 0 Å². The molecule has 1 amide bonds. The lowest BCUT2D eigenvalue weighted by atomic mass is 10.0. The molecule has 2 N–H and O–H groups in total. The van der Waals surface area contributed by atoms with Crippen LogP contribution < -0.4 is 5.73 Å². The highest BCUT2D eigenvalue weighted by molar-refractivity contribution is 9.10. The van der Waals surface area contributed by atoms with Crippen LogP contribution in [0, 0.1) is 0 Å². The largest absolute Gasteiger partial charge is 0.340 e. The second-order valence-electron chi connectivity index (χ2n) is 6.16. The zero-order valence-corrected chi connectivity index (χ0v) is 15.5. The van der Waals surface area contributed by atoms with E-state index < -0.39 is 0 Å². The van der Waals surface area contributed by atoms with Crippen LogP contribution in [0.4, 0.5) is 0 Å². The fourth-order valence-electron chi connectivity index (χ4n) is 3.02. The van der Waals surface area contributed by atoms with Crippen molar-refractivity contribution in [3.05, 3.63) is 68.7 Å². The van der Waals surface area contributed by atoms with Gasteiger partial charge in [0.25, 0.3) is 5.91 Å². The van der Waals surface area contributed by atoms with Crippen LogP contribution in [0.3, 0.4) is 0 Å². The Morgan fingerprint density at radius 3 is 2.92 bits per heavy atom. The quantitative estimate of drug-likeness (QED) is 0.748. The maximum Gasteiger partial charge on any atom is 0.280 e. The van der Waals surface area contributed by atoms with Crippen molar-refractivity contribution in [2.24, 2.45) is 5.73 Å². The van der Waals surface area contributed by atoms with E-state index in [2.05, 4.69) is 15.9 Å². The molecule has 0 aliphatic carbocycles. The molecule has 0 bridgehead atoms. The lowest BCUT2D eigenvalue weighted by Gasteiger charge is -2.25.